The highest BCUT2D eigenvalue weighted by molar-refractivity contribution is 9.10. The lowest BCUT2D eigenvalue weighted by Gasteiger charge is -2.30. The summed E-state index contributed by atoms with van der Waals surface area (Å²) in [5.41, 5.74) is 3.35. The van der Waals surface area contributed by atoms with E-state index in [4.69, 9.17) is 9.26 Å². The van der Waals surface area contributed by atoms with Crippen LogP contribution >= 0.6 is 15.9 Å². The van der Waals surface area contributed by atoms with E-state index in [1.54, 1.807) is 0 Å². The number of likely N-dealkylation sites (tertiary alicyclic amines) is 1. The molecule has 2 aliphatic heterocycles. The molecule has 1 aromatic heterocycles. The van der Waals surface area contributed by atoms with Gasteiger partial charge in [0, 0.05) is 42.1 Å². The van der Waals surface area contributed by atoms with E-state index in [9.17, 15) is 4.79 Å². The Balaban J connectivity index is 1.03. The van der Waals surface area contributed by atoms with Crippen molar-refractivity contribution >= 4 is 21.8 Å². The molecule has 190 valence electrons. The SMILES string of the molecule is O=C(NCc1ccc(CN2CCOCC2)cc1)C1CCN(Cc2nc(-c3ccc(Br)cc3)no2)CC1. The molecule has 1 N–H and O–H groups in total. The van der Waals surface area contributed by atoms with E-state index >= 15 is 0 Å². The van der Waals surface area contributed by atoms with Crippen LogP contribution in [0.25, 0.3) is 11.4 Å². The van der Waals surface area contributed by atoms with Gasteiger partial charge in [0.1, 0.15) is 0 Å². The van der Waals surface area contributed by atoms with Crippen LogP contribution < -0.4 is 5.32 Å². The van der Waals surface area contributed by atoms with Crippen LogP contribution in [-0.4, -0.2) is 65.2 Å². The van der Waals surface area contributed by atoms with Crippen molar-refractivity contribution in [1.82, 2.24) is 25.3 Å². The van der Waals surface area contributed by atoms with E-state index in [0.29, 0.717) is 24.8 Å². The van der Waals surface area contributed by atoms with Gasteiger partial charge in [0.2, 0.25) is 17.6 Å². The molecule has 5 rings (SSSR count). The lowest BCUT2D eigenvalue weighted by atomic mass is 9.96. The molecule has 0 spiro atoms. The summed E-state index contributed by atoms with van der Waals surface area (Å²) in [6.45, 7) is 7.39. The first-order chi connectivity index (χ1) is 17.6. The highest BCUT2D eigenvalue weighted by atomic mass is 79.9. The second kappa shape index (κ2) is 12.1. The van der Waals surface area contributed by atoms with Gasteiger partial charge in [-0.15, -0.1) is 0 Å². The molecule has 1 amide bonds. The summed E-state index contributed by atoms with van der Waals surface area (Å²) in [5.74, 6) is 1.39. The quantitative estimate of drug-likeness (QED) is 0.453. The second-order valence-corrected chi connectivity index (χ2v) is 10.4. The molecule has 3 heterocycles. The third-order valence-electron chi connectivity index (χ3n) is 6.89. The van der Waals surface area contributed by atoms with Crippen molar-refractivity contribution in [1.29, 1.82) is 0 Å². The van der Waals surface area contributed by atoms with Gasteiger partial charge in [-0.05, 0) is 61.3 Å². The Morgan fingerprint density at radius 2 is 1.58 bits per heavy atom. The van der Waals surface area contributed by atoms with Gasteiger partial charge in [0.05, 0.1) is 19.8 Å². The summed E-state index contributed by atoms with van der Waals surface area (Å²) in [6, 6.07) is 16.4. The first-order valence-electron chi connectivity index (χ1n) is 12.6. The summed E-state index contributed by atoms with van der Waals surface area (Å²) >= 11 is 3.44. The molecule has 0 saturated carbocycles. The molecule has 2 saturated heterocycles. The van der Waals surface area contributed by atoms with Crippen molar-refractivity contribution in [3.8, 4) is 11.4 Å². The van der Waals surface area contributed by atoms with Crippen molar-refractivity contribution < 1.29 is 14.1 Å². The van der Waals surface area contributed by atoms with Crippen molar-refractivity contribution in [2.24, 2.45) is 5.92 Å². The number of carbonyl (C=O) groups excluding carboxylic acids is 1. The number of hydrogen-bond donors (Lipinski definition) is 1. The van der Waals surface area contributed by atoms with Crippen molar-refractivity contribution in [2.45, 2.75) is 32.5 Å². The van der Waals surface area contributed by atoms with Gasteiger partial charge in [-0.3, -0.25) is 14.6 Å². The molecule has 0 atom stereocenters. The number of nitrogens with one attached hydrogen (secondary N) is 1. The fourth-order valence-corrected chi connectivity index (χ4v) is 4.96. The normalized spacial score (nSPS) is 17.8. The Kier molecular flexibility index (Phi) is 8.43. The van der Waals surface area contributed by atoms with Gasteiger partial charge < -0.3 is 14.6 Å². The van der Waals surface area contributed by atoms with E-state index in [1.807, 2.05) is 24.3 Å². The number of hydrogen-bond acceptors (Lipinski definition) is 7. The highest BCUT2D eigenvalue weighted by Crippen LogP contribution is 2.22. The average molecular weight is 554 g/mol. The van der Waals surface area contributed by atoms with E-state index < -0.39 is 0 Å². The van der Waals surface area contributed by atoms with E-state index in [1.165, 1.54) is 5.56 Å². The number of amides is 1. The number of halogens is 1. The maximum absolute atomic E-state index is 12.8. The lowest BCUT2D eigenvalue weighted by Crippen LogP contribution is -2.40. The number of benzene rings is 2. The van der Waals surface area contributed by atoms with E-state index in [-0.39, 0.29) is 11.8 Å². The van der Waals surface area contributed by atoms with Gasteiger partial charge in [-0.25, -0.2) is 0 Å². The molecule has 2 aromatic carbocycles. The van der Waals surface area contributed by atoms with Gasteiger partial charge in [-0.2, -0.15) is 4.98 Å². The molecule has 0 aliphatic carbocycles. The number of aromatic nitrogens is 2. The number of carbonyl (C=O) groups is 1. The van der Waals surface area contributed by atoms with Crippen molar-refractivity contribution in [3.05, 3.63) is 70.0 Å². The maximum atomic E-state index is 12.8. The Bertz CT molecular complexity index is 1120. The predicted octanol–water partition coefficient (Wildman–Crippen LogP) is 3.86. The number of rotatable bonds is 8. The van der Waals surface area contributed by atoms with Crippen LogP contribution in [-0.2, 0) is 29.2 Å². The molecular formula is C27H32BrN5O3. The minimum atomic E-state index is 0.0443. The smallest absolute Gasteiger partial charge is 0.241 e. The van der Waals surface area contributed by atoms with E-state index in [2.05, 4.69) is 65.5 Å². The number of nitrogens with zero attached hydrogens (tertiary/aromatic N) is 4. The molecule has 9 heteroatoms. The van der Waals surface area contributed by atoms with Crippen LogP contribution in [0.5, 0.6) is 0 Å². The first-order valence-corrected chi connectivity index (χ1v) is 13.4. The second-order valence-electron chi connectivity index (χ2n) is 9.49. The first kappa shape index (κ1) is 25.1. The summed E-state index contributed by atoms with van der Waals surface area (Å²) in [4.78, 5) is 22.0. The molecular weight excluding hydrogens is 522 g/mol. The Morgan fingerprint density at radius 3 is 2.31 bits per heavy atom. The minimum absolute atomic E-state index is 0.0443. The molecule has 2 fully saturated rings. The maximum Gasteiger partial charge on any atom is 0.241 e. The molecule has 0 bridgehead atoms. The zero-order valence-corrected chi connectivity index (χ0v) is 22.0. The Morgan fingerprint density at radius 1 is 0.917 bits per heavy atom. The Hall–Kier alpha value is -2.59. The van der Waals surface area contributed by atoms with Crippen LogP contribution in [0.3, 0.4) is 0 Å². The molecule has 0 unspecified atom stereocenters. The summed E-state index contributed by atoms with van der Waals surface area (Å²) in [7, 11) is 0. The zero-order chi connectivity index (χ0) is 24.7. The number of piperidine rings is 1. The average Bonchev–Trinajstić information content (AvgIpc) is 3.38. The number of ether oxygens (including phenoxy) is 1. The van der Waals surface area contributed by atoms with Crippen LogP contribution in [0.15, 0.2) is 57.5 Å². The van der Waals surface area contributed by atoms with Crippen LogP contribution in [0, 0.1) is 5.92 Å². The van der Waals surface area contributed by atoms with Gasteiger partial charge in [-0.1, -0.05) is 45.4 Å². The van der Waals surface area contributed by atoms with Crippen LogP contribution in [0.2, 0.25) is 0 Å². The summed E-state index contributed by atoms with van der Waals surface area (Å²) < 4.78 is 11.9. The topological polar surface area (TPSA) is 83.7 Å². The lowest BCUT2D eigenvalue weighted by molar-refractivity contribution is -0.126. The van der Waals surface area contributed by atoms with Crippen molar-refractivity contribution in [2.75, 3.05) is 39.4 Å². The minimum Gasteiger partial charge on any atom is -0.379 e. The van der Waals surface area contributed by atoms with E-state index in [0.717, 1.165) is 74.4 Å². The monoisotopic (exact) mass is 553 g/mol. The fraction of sp³-hybridized carbons (Fsp3) is 0.444. The standard InChI is InChI=1S/C27H32BrN5O3/c28-24-7-5-22(6-8-24)26-30-25(36-31-26)19-32-11-9-23(10-12-32)27(34)29-17-20-1-3-21(4-2-20)18-33-13-15-35-16-14-33/h1-8,23H,9-19H2,(H,29,34). The third kappa shape index (κ3) is 6.79. The molecule has 2 aliphatic rings. The third-order valence-corrected chi connectivity index (χ3v) is 7.42. The highest BCUT2D eigenvalue weighted by Gasteiger charge is 2.26. The summed E-state index contributed by atoms with van der Waals surface area (Å²) in [6.07, 6.45) is 1.66. The zero-order valence-electron chi connectivity index (χ0n) is 20.4. The van der Waals surface area contributed by atoms with Gasteiger partial charge in [0.25, 0.3) is 0 Å². The number of morpholine rings is 1. The van der Waals surface area contributed by atoms with Gasteiger partial charge in [0.15, 0.2) is 0 Å². The molecule has 0 radical (unpaired) electrons. The predicted molar refractivity (Wildman–Crippen MR) is 140 cm³/mol. The van der Waals surface area contributed by atoms with Crippen molar-refractivity contribution in [3.63, 3.8) is 0 Å². The molecule has 3 aromatic rings. The van der Waals surface area contributed by atoms with Crippen LogP contribution in [0.4, 0.5) is 0 Å². The Labute approximate surface area is 220 Å². The fourth-order valence-electron chi connectivity index (χ4n) is 4.69. The molecule has 8 nitrogen and oxygen atoms in total. The van der Waals surface area contributed by atoms with Gasteiger partial charge >= 0.3 is 0 Å². The molecule has 36 heavy (non-hydrogen) atoms. The largest absolute Gasteiger partial charge is 0.379 e. The van der Waals surface area contributed by atoms with Crippen LogP contribution in [0.1, 0.15) is 29.9 Å². The summed E-state index contributed by atoms with van der Waals surface area (Å²) in [5, 5.41) is 7.24.